The number of ether oxygens (including phenoxy) is 1. The van der Waals surface area contributed by atoms with Crippen LogP contribution in [0.5, 0.6) is 0 Å². The van der Waals surface area contributed by atoms with Crippen molar-refractivity contribution in [1.82, 2.24) is 5.32 Å². The van der Waals surface area contributed by atoms with Crippen LogP contribution in [-0.4, -0.2) is 30.5 Å². The van der Waals surface area contributed by atoms with Gasteiger partial charge in [-0.15, -0.1) is 0 Å². The quantitative estimate of drug-likeness (QED) is 0.862. The molecule has 18 heavy (non-hydrogen) atoms. The molecule has 0 aromatic heterocycles. The lowest BCUT2D eigenvalue weighted by molar-refractivity contribution is 0.0267. The fourth-order valence-corrected chi connectivity index (χ4v) is 2.51. The summed E-state index contributed by atoms with van der Waals surface area (Å²) in [5, 5.41) is 13.6. The van der Waals surface area contributed by atoms with Gasteiger partial charge < -0.3 is 15.2 Å². The lowest BCUT2D eigenvalue weighted by Crippen LogP contribution is -2.49. The van der Waals surface area contributed by atoms with Gasteiger partial charge in [-0.3, -0.25) is 0 Å². The van der Waals surface area contributed by atoms with E-state index in [1.54, 1.807) is 0 Å². The van der Waals surface area contributed by atoms with E-state index in [1.807, 2.05) is 24.3 Å². The van der Waals surface area contributed by atoms with Crippen LogP contribution < -0.4 is 5.32 Å². The third kappa shape index (κ3) is 3.69. The highest BCUT2D eigenvalue weighted by Gasteiger charge is 2.31. The van der Waals surface area contributed by atoms with Crippen molar-refractivity contribution in [1.29, 1.82) is 0 Å². The van der Waals surface area contributed by atoms with Gasteiger partial charge >= 0.3 is 0 Å². The number of hydrogen-bond acceptors (Lipinski definition) is 3. The van der Waals surface area contributed by atoms with Crippen molar-refractivity contribution in [2.24, 2.45) is 0 Å². The minimum absolute atomic E-state index is 0.0205. The van der Waals surface area contributed by atoms with E-state index < -0.39 is 0 Å². The molecule has 1 aliphatic heterocycles. The predicted molar refractivity (Wildman–Crippen MR) is 72.8 cm³/mol. The van der Waals surface area contributed by atoms with Gasteiger partial charge in [0.05, 0.1) is 0 Å². The van der Waals surface area contributed by atoms with Gasteiger partial charge in [0, 0.05) is 36.9 Å². The minimum Gasteiger partial charge on any atom is -0.396 e. The van der Waals surface area contributed by atoms with Gasteiger partial charge in [-0.05, 0) is 37.0 Å². The summed E-state index contributed by atoms with van der Waals surface area (Å²) in [4.78, 5) is 0. The van der Waals surface area contributed by atoms with Crippen LogP contribution in [0.15, 0.2) is 24.3 Å². The number of aliphatic hydroxyl groups excluding tert-OH is 1. The molecule has 0 amide bonds. The van der Waals surface area contributed by atoms with Crippen molar-refractivity contribution >= 4 is 11.6 Å². The maximum atomic E-state index is 9.22. The van der Waals surface area contributed by atoms with Crippen molar-refractivity contribution in [3.05, 3.63) is 34.9 Å². The molecule has 1 aromatic carbocycles. The average molecular weight is 270 g/mol. The molecule has 0 radical (unpaired) electrons. The number of halogens is 1. The maximum absolute atomic E-state index is 9.22. The van der Waals surface area contributed by atoms with Crippen LogP contribution in [0, 0.1) is 0 Å². The molecule has 1 heterocycles. The second-order valence-electron chi connectivity index (χ2n) is 4.85. The molecule has 1 aromatic rings. The number of nitrogens with one attached hydrogen (secondary N) is 1. The first kappa shape index (κ1) is 13.8. The summed E-state index contributed by atoms with van der Waals surface area (Å²) in [5.74, 6) is 0. The van der Waals surface area contributed by atoms with E-state index in [-0.39, 0.29) is 12.1 Å². The molecule has 100 valence electrons. The highest BCUT2D eigenvalue weighted by Crippen LogP contribution is 2.25. The maximum Gasteiger partial charge on any atom is 0.0483 e. The lowest BCUT2D eigenvalue weighted by Gasteiger charge is -2.38. The van der Waals surface area contributed by atoms with Gasteiger partial charge in [0.2, 0.25) is 0 Å². The van der Waals surface area contributed by atoms with E-state index >= 15 is 0 Å². The Morgan fingerprint density at radius 1 is 1.22 bits per heavy atom. The predicted octanol–water partition coefficient (Wildman–Crippen LogP) is 2.36. The summed E-state index contributed by atoms with van der Waals surface area (Å²) in [7, 11) is 0. The summed E-state index contributed by atoms with van der Waals surface area (Å²) in [6.07, 6.45) is 2.70. The number of rotatable bonds is 5. The average Bonchev–Trinajstić information content (AvgIpc) is 2.40. The fraction of sp³-hybridized carbons (Fsp3) is 0.571. The highest BCUT2D eigenvalue weighted by molar-refractivity contribution is 6.30. The van der Waals surface area contributed by atoms with E-state index in [0.717, 1.165) is 44.0 Å². The zero-order valence-electron chi connectivity index (χ0n) is 10.5. The van der Waals surface area contributed by atoms with Crippen molar-refractivity contribution in [2.75, 3.05) is 19.8 Å². The molecule has 2 N–H and O–H groups in total. The molecule has 1 aliphatic rings. The Labute approximate surface area is 113 Å². The number of hydrogen-bond donors (Lipinski definition) is 2. The van der Waals surface area contributed by atoms with Crippen molar-refractivity contribution < 1.29 is 9.84 Å². The Morgan fingerprint density at radius 2 is 1.89 bits per heavy atom. The van der Waals surface area contributed by atoms with E-state index in [1.165, 1.54) is 5.56 Å². The summed E-state index contributed by atoms with van der Waals surface area (Å²) >= 11 is 5.87. The van der Waals surface area contributed by atoms with E-state index in [4.69, 9.17) is 16.3 Å². The van der Waals surface area contributed by atoms with Crippen LogP contribution in [0.3, 0.4) is 0 Å². The second-order valence-corrected chi connectivity index (χ2v) is 5.28. The van der Waals surface area contributed by atoms with E-state index in [2.05, 4.69) is 5.32 Å². The van der Waals surface area contributed by atoms with Gasteiger partial charge in [-0.25, -0.2) is 0 Å². The minimum atomic E-state index is 0.0205. The summed E-state index contributed by atoms with van der Waals surface area (Å²) < 4.78 is 5.40. The van der Waals surface area contributed by atoms with Crippen LogP contribution in [0.25, 0.3) is 0 Å². The largest absolute Gasteiger partial charge is 0.396 e. The Bertz CT molecular complexity index is 355. The third-order valence-corrected chi connectivity index (χ3v) is 3.87. The zero-order valence-corrected chi connectivity index (χ0v) is 11.2. The topological polar surface area (TPSA) is 41.5 Å². The second kappa shape index (κ2) is 6.53. The van der Waals surface area contributed by atoms with Crippen molar-refractivity contribution in [2.45, 2.75) is 31.3 Å². The molecule has 2 rings (SSSR count). The summed E-state index contributed by atoms with van der Waals surface area (Å²) in [5.41, 5.74) is 1.23. The Morgan fingerprint density at radius 3 is 2.50 bits per heavy atom. The van der Waals surface area contributed by atoms with Crippen LogP contribution in [-0.2, 0) is 11.3 Å². The molecular weight excluding hydrogens is 250 g/mol. The van der Waals surface area contributed by atoms with Gasteiger partial charge in [0.1, 0.15) is 0 Å². The lowest BCUT2D eigenvalue weighted by atomic mass is 9.86. The van der Waals surface area contributed by atoms with Crippen LogP contribution in [0.1, 0.15) is 24.8 Å². The van der Waals surface area contributed by atoms with E-state index in [9.17, 15) is 5.11 Å². The Balaban J connectivity index is 1.94. The van der Waals surface area contributed by atoms with Crippen molar-refractivity contribution in [3.63, 3.8) is 0 Å². The van der Waals surface area contributed by atoms with Gasteiger partial charge in [0.25, 0.3) is 0 Å². The van der Waals surface area contributed by atoms with Gasteiger partial charge in [-0.2, -0.15) is 0 Å². The van der Waals surface area contributed by atoms with Crippen LogP contribution >= 0.6 is 11.6 Å². The van der Waals surface area contributed by atoms with E-state index in [0.29, 0.717) is 0 Å². The molecule has 0 spiro atoms. The van der Waals surface area contributed by atoms with Crippen LogP contribution in [0.2, 0.25) is 5.02 Å². The third-order valence-electron chi connectivity index (χ3n) is 3.62. The summed E-state index contributed by atoms with van der Waals surface area (Å²) in [6.45, 7) is 2.56. The molecule has 4 heteroatoms. The molecule has 0 bridgehead atoms. The molecule has 0 atom stereocenters. The molecule has 0 aliphatic carbocycles. The zero-order chi connectivity index (χ0) is 12.8. The molecule has 1 saturated heterocycles. The standard InChI is InChI=1S/C14H20ClNO2/c15-13-3-1-12(2-4-13)11-16-14(5-8-17)6-9-18-10-7-14/h1-4,16-17H,5-11H2. The SMILES string of the molecule is OCCC1(NCc2ccc(Cl)cc2)CCOCC1. The molecule has 3 nitrogen and oxygen atoms in total. The van der Waals surface area contributed by atoms with Crippen LogP contribution in [0.4, 0.5) is 0 Å². The molecule has 0 unspecified atom stereocenters. The monoisotopic (exact) mass is 269 g/mol. The first-order valence-electron chi connectivity index (χ1n) is 6.42. The first-order chi connectivity index (χ1) is 8.74. The smallest absolute Gasteiger partial charge is 0.0483 e. The Kier molecular flexibility index (Phi) is 5.01. The number of aliphatic hydroxyl groups is 1. The summed E-state index contributed by atoms with van der Waals surface area (Å²) in [6, 6.07) is 7.87. The fourth-order valence-electron chi connectivity index (χ4n) is 2.38. The highest BCUT2D eigenvalue weighted by atomic mass is 35.5. The molecular formula is C14H20ClNO2. The molecule has 1 fully saturated rings. The Hall–Kier alpha value is -0.610. The van der Waals surface area contributed by atoms with Gasteiger partial charge in [0.15, 0.2) is 0 Å². The normalized spacial score (nSPS) is 18.8. The number of benzene rings is 1. The van der Waals surface area contributed by atoms with Crippen molar-refractivity contribution in [3.8, 4) is 0 Å². The van der Waals surface area contributed by atoms with Gasteiger partial charge in [-0.1, -0.05) is 23.7 Å². The molecule has 0 saturated carbocycles. The first-order valence-corrected chi connectivity index (χ1v) is 6.80.